The van der Waals surface area contributed by atoms with E-state index < -0.39 is 0 Å². The number of carbonyl (C=O) groups excluding carboxylic acids is 1. The number of esters is 1. The van der Waals surface area contributed by atoms with Crippen LogP contribution in [0.25, 0.3) is 0 Å². The fourth-order valence-corrected chi connectivity index (χ4v) is 1.59. The van der Waals surface area contributed by atoms with Crippen molar-refractivity contribution in [1.29, 1.82) is 0 Å². The van der Waals surface area contributed by atoms with Crippen molar-refractivity contribution in [2.24, 2.45) is 11.8 Å². The lowest BCUT2D eigenvalue weighted by atomic mass is 10.0. The molecule has 0 aliphatic carbocycles. The van der Waals surface area contributed by atoms with Gasteiger partial charge < -0.3 is 4.74 Å². The molecule has 94 valence electrons. The monoisotopic (exact) mass is 226 g/mol. The molecule has 0 aromatic heterocycles. The molecule has 0 bridgehead atoms. The van der Waals surface area contributed by atoms with Crippen molar-refractivity contribution in [3.63, 3.8) is 0 Å². The van der Waals surface area contributed by atoms with Crippen molar-refractivity contribution in [3.8, 4) is 0 Å². The van der Waals surface area contributed by atoms with Crippen LogP contribution in [0.15, 0.2) is 12.7 Å². The van der Waals surface area contributed by atoms with E-state index in [1.165, 1.54) is 31.8 Å². The van der Waals surface area contributed by atoms with Gasteiger partial charge in [-0.1, -0.05) is 53.0 Å². The smallest absolute Gasteiger partial charge is 0.330 e. The molecule has 1 atom stereocenters. The third kappa shape index (κ3) is 9.75. The Morgan fingerprint density at radius 1 is 1.19 bits per heavy atom. The number of hydrogen-bond donors (Lipinski definition) is 0. The topological polar surface area (TPSA) is 26.3 Å². The molecular formula is C14H26O2. The summed E-state index contributed by atoms with van der Waals surface area (Å²) in [6, 6.07) is 0. The Morgan fingerprint density at radius 3 is 2.38 bits per heavy atom. The molecule has 0 aromatic carbocycles. The molecule has 2 nitrogen and oxygen atoms in total. The van der Waals surface area contributed by atoms with Crippen molar-refractivity contribution in [2.75, 3.05) is 6.61 Å². The van der Waals surface area contributed by atoms with Crippen LogP contribution in [0.5, 0.6) is 0 Å². The first-order valence-electron chi connectivity index (χ1n) is 6.35. The van der Waals surface area contributed by atoms with E-state index in [2.05, 4.69) is 27.4 Å². The predicted molar refractivity (Wildman–Crippen MR) is 68.2 cm³/mol. The molecule has 0 fully saturated rings. The third-order valence-corrected chi connectivity index (χ3v) is 2.66. The van der Waals surface area contributed by atoms with Crippen LogP contribution in [0, 0.1) is 11.8 Å². The second-order valence-corrected chi connectivity index (χ2v) is 4.97. The molecule has 2 heteroatoms. The lowest BCUT2D eigenvalue weighted by Gasteiger charge is -2.11. The Labute approximate surface area is 100 Å². The summed E-state index contributed by atoms with van der Waals surface area (Å²) >= 11 is 0. The fourth-order valence-electron chi connectivity index (χ4n) is 1.59. The van der Waals surface area contributed by atoms with Crippen molar-refractivity contribution < 1.29 is 9.53 Å². The maximum atomic E-state index is 10.8. The van der Waals surface area contributed by atoms with Crippen LogP contribution in [0.3, 0.4) is 0 Å². The average molecular weight is 226 g/mol. The molecule has 0 spiro atoms. The number of unbranched alkanes of at least 4 members (excludes halogenated alkanes) is 2. The summed E-state index contributed by atoms with van der Waals surface area (Å²) in [5.41, 5.74) is 0. The van der Waals surface area contributed by atoms with Crippen molar-refractivity contribution in [1.82, 2.24) is 0 Å². The Kier molecular flexibility index (Phi) is 8.97. The van der Waals surface area contributed by atoms with Gasteiger partial charge in [-0.25, -0.2) is 4.79 Å². The fraction of sp³-hybridized carbons (Fsp3) is 0.786. The molecule has 0 N–H and O–H groups in total. The quantitative estimate of drug-likeness (QED) is 0.338. The Morgan fingerprint density at radius 2 is 1.81 bits per heavy atom. The summed E-state index contributed by atoms with van der Waals surface area (Å²) in [5.74, 6) is 0.959. The molecule has 0 amide bonds. The molecule has 16 heavy (non-hydrogen) atoms. The van der Waals surface area contributed by atoms with E-state index in [-0.39, 0.29) is 5.97 Å². The highest BCUT2D eigenvalue weighted by molar-refractivity contribution is 5.81. The van der Waals surface area contributed by atoms with E-state index in [9.17, 15) is 4.79 Å². The van der Waals surface area contributed by atoms with Gasteiger partial charge in [0.05, 0.1) is 6.61 Å². The summed E-state index contributed by atoms with van der Waals surface area (Å²) in [7, 11) is 0. The van der Waals surface area contributed by atoms with Gasteiger partial charge in [0, 0.05) is 6.08 Å². The summed E-state index contributed by atoms with van der Waals surface area (Å²) in [5, 5.41) is 0. The zero-order valence-corrected chi connectivity index (χ0v) is 11.0. The highest BCUT2D eigenvalue weighted by atomic mass is 16.5. The maximum Gasteiger partial charge on any atom is 0.330 e. The minimum atomic E-state index is -0.313. The van der Waals surface area contributed by atoms with Crippen LogP contribution < -0.4 is 0 Å². The molecule has 0 aliphatic rings. The number of ether oxygens (including phenoxy) is 1. The van der Waals surface area contributed by atoms with Crippen LogP contribution in [0.2, 0.25) is 0 Å². The SMILES string of the molecule is C=CC(=O)OCC(C)CCCCCC(C)C. The van der Waals surface area contributed by atoms with Gasteiger partial charge in [0.2, 0.25) is 0 Å². The van der Waals surface area contributed by atoms with Crippen LogP contribution in [0.1, 0.15) is 52.9 Å². The van der Waals surface area contributed by atoms with Crippen molar-refractivity contribution in [2.45, 2.75) is 52.9 Å². The van der Waals surface area contributed by atoms with E-state index in [0.29, 0.717) is 12.5 Å². The summed E-state index contributed by atoms with van der Waals surface area (Å²) in [6.07, 6.45) is 7.52. The first-order chi connectivity index (χ1) is 7.56. The number of hydrogen-bond acceptors (Lipinski definition) is 2. The van der Waals surface area contributed by atoms with Gasteiger partial charge in [-0.15, -0.1) is 0 Å². The molecule has 1 unspecified atom stereocenters. The normalized spacial score (nSPS) is 12.5. The molecule has 0 aromatic rings. The number of rotatable bonds is 9. The molecule has 0 radical (unpaired) electrons. The predicted octanol–water partition coefficient (Wildman–Crippen LogP) is 3.96. The van der Waals surface area contributed by atoms with Crippen LogP contribution >= 0.6 is 0 Å². The third-order valence-electron chi connectivity index (χ3n) is 2.66. The van der Waals surface area contributed by atoms with Gasteiger partial charge in [0.25, 0.3) is 0 Å². The molecular weight excluding hydrogens is 200 g/mol. The van der Waals surface area contributed by atoms with Crippen molar-refractivity contribution >= 4 is 5.97 Å². The van der Waals surface area contributed by atoms with E-state index >= 15 is 0 Å². The Bertz CT molecular complexity index is 197. The van der Waals surface area contributed by atoms with Gasteiger partial charge >= 0.3 is 5.97 Å². The molecule has 0 heterocycles. The summed E-state index contributed by atoms with van der Waals surface area (Å²) in [6.45, 7) is 10.5. The second kappa shape index (κ2) is 9.44. The summed E-state index contributed by atoms with van der Waals surface area (Å²) < 4.78 is 4.99. The lowest BCUT2D eigenvalue weighted by molar-refractivity contribution is -0.139. The van der Waals surface area contributed by atoms with Crippen molar-refractivity contribution in [3.05, 3.63) is 12.7 Å². The minimum Gasteiger partial charge on any atom is -0.462 e. The minimum absolute atomic E-state index is 0.313. The number of carbonyl (C=O) groups is 1. The first-order valence-corrected chi connectivity index (χ1v) is 6.35. The highest BCUT2D eigenvalue weighted by Gasteiger charge is 2.04. The largest absolute Gasteiger partial charge is 0.462 e. The Balaban J connectivity index is 3.33. The van der Waals surface area contributed by atoms with E-state index in [4.69, 9.17) is 4.74 Å². The molecule has 0 saturated heterocycles. The zero-order chi connectivity index (χ0) is 12.4. The van der Waals surface area contributed by atoms with Crippen LogP contribution in [-0.2, 0) is 9.53 Å². The summed E-state index contributed by atoms with van der Waals surface area (Å²) in [4.78, 5) is 10.8. The first kappa shape index (κ1) is 15.2. The van der Waals surface area contributed by atoms with Gasteiger partial charge in [0.15, 0.2) is 0 Å². The van der Waals surface area contributed by atoms with Crippen LogP contribution in [-0.4, -0.2) is 12.6 Å². The standard InChI is InChI=1S/C14H26O2/c1-5-14(15)16-11-13(4)10-8-6-7-9-12(2)3/h5,12-13H,1,6-11H2,2-4H3. The zero-order valence-electron chi connectivity index (χ0n) is 11.0. The van der Waals surface area contributed by atoms with E-state index in [1.807, 2.05) is 0 Å². The highest BCUT2D eigenvalue weighted by Crippen LogP contribution is 2.13. The molecule has 0 saturated carbocycles. The average Bonchev–Trinajstić information content (AvgIpc) is 2.24. The van der Waals surface area contributed by atoms with Gasteiger partial charge in [-0.05, 0) is 18.3 Å². The molecule has 0 aliphatic heterocycles. The maximum absolute atomic E-state index is 10.8. The molecule has 0 rings (SSSR count). The lowest BCUT2D eigenvalue weighted by Crippen LogP contribution is -2.09. The van der Waals surface area contributed by atoms with Gasteiger partial charge in [0.1, 0.15) is 0 Å². The van der Waals surface area contributed by atoms with Gasteiger partial charge in [-0.3, -0.25) is 0 Å². The second-order valence-electron chi connectivity index (χ2n) is 4.97. The van der Waals surface area contributed by atoms with Crippen LogP contribution in [0.4, 0.5) is 0 Å². The van der Waals surface area contributed by atoms with E-state index in [1.54, 1.807) is 0 Å². The van der Waals surface area contributed by atoms with E-state index in [0.717, 1.165) is 12.3 Å². The van der Waals surface area contributed by atoms with Gasteiger partial charge in [-0.2, -0.15) is 0 Å². The Hall–Kier alpha value is -0.790.